The highest BCUT2D eigenvalue weighted by molar-refractivity contribution is 5.60. The number of alkyl halides is 2. The average Bonchev–Trinajstić information content (AvgIpc) is 2.39. The van der Waals surface area contributed by atoms with Crippen LogP contribution < -0.4 is 10.6 Å². The van der Waals surface area contributed by atoms with Crippen molar-refractivity contribution >= 4 is 11.4 Å². The predicted octanol–water partition coefficient (Wildman–Crippen LogP) is 2.57. The van der Waals surface area contributed by atoms with Crippen LogP contribution in [-0.4, -0.2) is 26.8 Å². The molecular weight excluding hydrogens is 252 g/mol. The van der Waals surface area contributed by atoms with Crippen molar-refractivity contribution in [3.63, 3.8) is 0 Å². The first-order chi connectivity index (χ1) is 9.10. The van der Waals surface area contributed by atoms with Crippen LogP contribution in [0.4, 0.5) is 20.2 Å². The summed E-state index contributed by atoms with van der Waals surface area (Å²) in [7, 11) is 1.54. The number of nitrogen functional groups attached to an aromatic ring is 1. The standard InChI is InChI=1S/C13H17F2N3O/c1-19-8-7-18(6-2-5-16)12-4-3-10(17)9-11(12)13(14)15/h3-4,9,13H,2,6-8,17H2,1H3. The van der Waals surface area contributed by atoms with Gasteiger partial charge in [0.05, 0.1) is 19.1 Å². The molecule has 0 fully saturated rings. The Kier molecular flexibility index (Phi) is 6.03. The zero-order chi connectivity index (χ0) is 14.3. The van der Waals surface area contributed by atoms with Crippen molar-refractivity contribution in [2.75, 3.05) is 37.4 Å². The topological polar surface area (TPSA) is 62.3 Å². The summed E-state index contributed by atoms with van der Waals surface area (Å²) < 4.78 is 31.0. The van der Waals surface area contributed by atoms with Gasteiger partial charge in [0.25, 0.3) is 6.43 Å². The second kappa shape index (κ2) is 7.54. The second-order valence-corrected chi connectivity index (χ2v) is 4.01. The van der Waals surface area contributed by atoms with Gasteiger partial charge in [-0.25, -0.2) is 8.78 Å². The van der Waals surface area contributed by atoms with Gasteiger partial charge in [-0.05, 0) is 18.2 Å². The third-order valence-electron chi connectivity index (χ3n) is 2.69. The minimum atomic E-state index is -2.61. The molecule has 0 aliphatic heterocycles. The zero-order valence-electron chi connectivity index (χ0n) is 10.8. The monoisotopic (exact) mass is 269 g/mol. The van der Waals surface area contributed by atoms with E-state index in [9.17, 15) is 8.78 Å². The molecule has 0 heterocycles. The molecule has 19 heavy (non-hydrogen) atoms. The molecule has 1 rings (SSSR count). The first-order valence-corrected chi connectivity index (χ1v) is 5.88. The Morgan fingerprint density at radius 2 is 2.16 bits per heavy atom. The van der Waals surface area contributed by atoms with Crippen LogP contribution in [-0.2, 0) is 4.74 Å². The van der Waals surface area contributed by atoms with E-state index in [1.807, 2.05) is 6.07 Å². The minimum Gasteiger partial charge on any atom is -0.399 e. The van der Waals surface area contributed by atoms with E-state index in [1.165, 1.54) is 6.07 Å². The van der Waals surface area contributed by atoms with Gasteiger partial charge in [0.2, 0.25) is 0 Å². The molecule has 2 N–H and O–H groups in total. The van der Waals surface area contributed by atoms with E-state index < -0.39 is 6.43 Å². The molecule has 1 aromatic rings. The molecule has 6 heteroatoms. The number of methoxy groups -OCH3 is 1. The Morgan fingerprint density at radius 1 is 1.42 bits per heavy atom. The minimum absolute atomic E-state index is 0.117. The van der Waals surface area contributed by atoms with E-state index in [2.05, 4.69) is 0 Å². The zero-order valence-corrected chi connectivity index (χ0v) is 10.8. The lowest BCUT2D eigenvalue weighted by Gasteiger charge is -2.26. The number of ether oxygens (including phenoxy) is 1. The lowest BCUT2D eigenvalue weighted by molar-refractivity contribution is 0.151. The van der Waals surface area contributed by atoms with Crippen molar-refractivity contribution in [2.45, 2.75) is 12.8 Å². The number of hydrogen-bond donors (Lipinski definition) is 1. The third kappa shape index (κ3) is 4.38. The Balaban J connectivity index is 3.02. The van der Waals surface area contributed by atoms with Gasteiger partial charge in [-0.1, -0.05) is 0 Å². The molecule has 104 valence electrons. The van der Waals surface area contributed by atoms with Gasteiger partial charge in [-0.15, -0.1) is 0 Å². The van der Waals surface area contributed by atoms with E-state index in [1.54, 1.807) is 24.1 Å². The Morgan fingerprint density at radius 3 is 2.74 bits per heavy atom. The SMILES string of the molecule is COCCN(CCC#N)c1ccc(N)cc1C(F)F. The number of halogens is 2. The average molecular weight is 269 g/mol. The maximum absolute atomic E-state index is 13.0. The number of benzene rings is 1. The fourth-order valence-corrected chi connectivity index (χ4v) is 1.77. The Bertz CT molecular complexity index is 446. The van der Waals surface area contributed by atoms with Crippen molar-refractivity contribution in [1.29, 1.82) is 5.26 Å². The summed E-state index contributed by atoms with van der Waals surface area (Å²) in [6.45, 7) is 1.23. The highest BCUT2D eigenvalue weighted by Gasteiger charge is 2.18. The Labute approximate surface area is 111 Å². The van der Waals surface area contributed by atoms with Crippen LogP contribution in [0.5, 0.6) is 0 Å². The highest BCUT2D eigenvalue weighted by atomic mass is 19.3. The number of nitrogens with zero attached hydrogens (tertiary/aromatic N) is 2. The molecule has 0 saturated heterocycles. The second-order valence-electron chi connectivity index (χ2n) is 4.01. The van der Waals surface area contributed by atoms with Crippen LogP contribution >= 0.6 is 0 Å². The molecular formula is C13H17F2N3O. The fourth-order valence-electron chi connectivity index (χ4n) is 1.77. The van der Waals surface area contributed by atoms with Gasteiger partial charge >= 0.3 is 0 Å². The van der Waals surface area contributed by atoms with E-state index in [0.29, 0.717) is 31.1 Å². The lowest BCUT2D eigenvalue weighted by Crippen LogP contribution is -2.29. The molecule has 0 unspecified atom stereocenters. The van der Waals surface area contributed by atoms with Gasteiger partial charge in [-0.2, -0.15) is 5.26 Å². The summed E-state index contributed by atoms with van der Waals surface area (Å²) in [5, 5.41) is 8.63. The maximum Gasteiger partial charge on any atom is 0.265 e. The van der Waals surface area contributed by atoms with E-state index in [4.69, 9.17) is 15.7 Å². The number of anilines is 2. The smallest absolute Gasteiger partial charge is 0.265 e. The van der Waals surface area contributed by atoms with Gasteiger partial charge in [0.1, 0.15) is 0 Å². The van der Waals surface area contributed by atoms with Crippen molar-refractivity contribution in [3.8, 4) is 6.07 Å². The van der Waals surface area contributed by atoms with Gasteiger partial charge < -0.3 is 15.4 Å². The van der Waals surface area contributed by atoms with Crippen LogP contribution in [0, 0.1) is 11.3 Å². The molecule has 0 amide bonds. The molecule has 0 aromatic heterocycles. The van der Waals surface area contributed by atoms with Gasteiger partial charge in [0.15, 0.2) is 0 Å². The van der Waals surface area contributed by atoms with Crippen LogP contribution in [0.25, 0.3) is 0 Å². The van der Waals surface area contributed by atoms with E-state index in [-0.39, 0.29) is 12.0 Å². The summed E-state index contributed by atoms with van der Waals surface area (Å²) in [6, 6.07) is 6.42. The number of rotatable bonds is 7. The van der Waals surface area contributed by atoms with Crippen LogP contribution in [0.2, 0.25) is 0 Å². The summed E-state index contributed by atoms with van der Waals surface area (Å²) in [5.41, 5.74) is 6.12. The Hall–Kier alpha value is -1.87. The van der Waals surface area contributed by atoms with E-state index in [0.717, 1.165) is 0 Å². The molecule has 0 aliphatic carbocycles. The van der Waals surface area contributed by atoms with Crippen LogP contribution in [0.1, 0.15) is 18.4 Å². The molecule has 0 aliphatic rings. The molecule has 0 atom stereocenters. The van der Waals surface area contributed by atoms with Gasteiger partial charge in [0, 0.05) is 37.1 Å². The van der Waals surface area contributed by atoms with Crippen molar-refractivity contribution in [1.82, 2.24) is 0 Å². The molecule has 0 bridgehead atoms. The van der Waals surface area contributed by atoms with Crippen LogP contribution in [0.3, 0.4) is 0 Å². The quantitative estimate of drug-likeness (QED) is 0.773. The molecule has 1 aromatic carbocycles. The fraction of sp³-hybridized carbons (Fsp3) is 0.462. The molecule has 4 nitrogen and oxygen atoms in total. The number of nitriles is 1. The molecule has 0 radical (unpaired) electrons. The van der Waals surface area contributed by atoms with Crippen molar-refractivity contribution < 1.29 is 13.5 Å². The first kappa shape index (κ1) is 15.2. The normalized spacial score (nSPS) is 10.5. The largest absolute Gasteiger partial charge is 0.399 e. The predicted molar refractivity (Wildman–Crippen MR) is 70.1 cm³/mol. The summed E-state index contributed by atoms with van der Waals surface area (Å²) in [6.07, 6.45) is -2.35. The highest BCUT2D eigenvalue weighted by Crippen LogP contribution is 2.31. The van der Waals surface area contributed by atoms with Crippen molar-refractivity contribution in [2.24, 2.45) is 0 Å². The molecule has 0 spiro atoms. The third-order valence-corrected chi connectivity index (χ3v) is 2.69. The summed E-state index contributed by atoms with van der Waals surface area (Å²) in [5.74, 6) is 0. The summed E-state index contributed by atoms with van der Waals surface area (Å²) >= 11 is 0. The van der Waals surface area contributed by atoms with E-state index >= 15 is 0 Å². The number of nitrogens with two attached hydrogens (primary N) is 1. The summed E-state index contributed by atoms with van der Waals surface area (Å²) in [4.78, 5) is 1.72. The van der Waals surface area contributed by atoms with Crippen molar-refractivity contribution in [3.05, 3.63) is 23.8 Å². The first-order valence-electron chi connectivity index (χ1n) is 5.88. The lowest BCUT2D eigenvalue weighted by atomic mass is 10.1. The molecule has 0 saturated carbocycles. The van der Waals surface area contributed by atoms with Crippen LogP contribution in [0.15, 0.2) is 18.2 Å². The maximum atomic E-state index is 13.0. The van der Waals surface area contributed by atoms with Gasteiger partial charge in [-0.3, -0.25) is 0 Å². The number of hydrogen-bond acceptors (Lipinski definition) is 4.